The van der Waals surface area contributed by atoms with Crippen molar-refractivity contribution in [2.24, 2.45) is 0 Å². The van der Waals surface area contributed by atoms with Crippen LogP contribution in [0.15, 0.2) is 120 Å². The van der Waals surface area contributed by atoms with Gasteiger partial charge in [-0.15, -0.1) is 0 Å². The van der Waals surface area contributed by atoms with Crippen LogP contribution in [0.2, 0.25) is 0 Å². The van der Waals surface area contributed by atoms with Gasteiger partial charge < -0.3 is 10.2 Å². The Morgan fingerprint density at radius 1 is 0.711 bits per heavy atom. The monoisotopic (exact) mass is 492 g/mol. The highest BCUT2D eigenvalue weighted by Crippen LogP contribution is 2.39. The quantitative estimate of drug-likeness (QED) is 0.254. The van der Waals surface area contributed by atoms with Crippen LogP contribution >= 0.6 is 0 Å². The van der Waals surface area contributed by atoms with Crippen molar-refractivity contribution in [2.75, 3.05) is 5.73 Å². The van der Waals surface area contributed by atoms with E-state index < -0.39 is 0 Å². The van der Waals surface area contributed by atoms with E-state index in [1.54, 1.807) is 0 Å². The predicted octanol–water partition coefficient (Wildman–Crippen LogP) is 7.81. The van der Waals surface area contributed by atoms with Crippen molar-refractivity contribution in [3.63, 3.8) is 0 Å². The van der Waals surface area contributed by atoms with E-state index in [2.05, 4.69) is 42.5 Å². The number of para-hydroxylation sites is 1. The molecule has 0 saturated carbocycles. The lowest BCUT2D eigenvalue weighted by molar-refractivity contribution is 0.670. The highest BCUT2D eigenvalue weighted by atomic mass is 16.3. The summed E-state index contributed by atoms with van der Waals surface area (Å²) in [4.78, 5) is 15.0. The Balaban J connectivity index is 1.41. The molecule has 38 heavy (non-hydrogen) atoms. The summed E-state index contributed by atoms with van der Waals surface area (Å²) in [5, 5.41) is 1.90. The van der Waals surface area contributed by atoms with Crippen LogP contribution in [0.5, 0.6) is 0 Å². The smallest absolute Gasteiger partial charge is 0.164 e. The standard InChI is InChI=1S/C33H24N4O/c34-27-18-8-16-25-29-26(17-9-19-28(29)38-30(25)27)33-36-31(22-12-5-2-6-13-22)35-32(37-33)24-15-7-14-23(20-24)21-10-3-1-4-11-21/h1-19,24H,20,34H2. The van der Waals surface area contributed by atoms with Gasteiger partial charge in [-0.25, -0.2) is 15.0 Å². The number of fused-ring (bicyclic) bond motifs is 3. The Kier molecular flexibility index (Phi) is 5.33. The molecule has 4 aromatic carbocycles. The van der Waals surface area contributed by atoms with E-state index in [0.717, 1.165) is 39.7 Å². The van der Waals surface area contributed by atoms with Crippen LogP contribution in [-0.2, 0) is 0 Å². The topological polar surface area (TPSA) is 77.8 Å². The molecule has 5 heteroatoms. The van der Waals surface area contributed by atoms with Crippen LogP contribution < -0.4 is 5.73 Å². The van der Waals surface area contributed by atoms with Crippen molar-refractivity contribution in [3.05, 3.63) is 127 Å². The largest absolute Gasteiger partial charge is 0.454 e. The molecule has 1 atom stereocenters. The maximum Gasteiger partial charge on any atom is 0.164 e. The zero-order chi connectivity index (χ0) is 25.5. The Morgan fingerprint density at radius 3 is 2.26 bits per heavy atom. The van der Waals surface area contributed by atoms with Crippen molar-refractivity contribution in [2.45, 2.75) is 12.3 Å². The minimum atomic E-state index is 0.0235. The Hall–Kier alpha value is -5.03. The maximum atomic E-state index is 6.24. The van der Waals surface area contributed by atoms with Crippen molar-refractivity contribution >= 4 is 33.2 Å². The molecule has 5 nitrogen and oxygen atoms in total. The molecule has 0 bridgehead atoms. The van der Waals surface area contributed by atoms with Gasteiger partial charge in [0, 0.05) is 27.8 Å². The fraction of sp³-hybridized carbons (Fsp3) is 0.0606. The minimum Gasteiger partial charge on any atom is -0.454 e. The zero-order valence-electron chi connectivity index (χ0n) is 20.6. The molecule has 182 valence electrons. The number of nitrogens with two attached hydrogens (primary N) is 1. The summed E-state index contributed by atoms with van der Waals surface area (Å²) in [6.07, 6.45) is 7.27. The van der Waals surface area contributed by atoms with Gasteiger partial charge in [0.15, 0.2) is 17.2 Å². The van der Waals surface area contributed by atoms with E-state index in [9.17, 15) is 0 Å². The van der Waals surface area contributed by atoms with E-state index in [0.29, 0.717) is 22.9 Å². The molecule has 1 unspecified atom stereocenters. The molecule has 1 aliphatic carbocycles. The molecule has 0 spiro atoms. The highest BCUT2D eigenvalue weighted by molar-refractivity contribution is 6.14. The second-order valence-corrected chi connectivity index (χ2v) is 9.46. The van der Waals surface area contributed by atoms with Gasteiger partial charge in [-0.1, -0.05) is 103 Å². The lowest BCUT2D eigenvalue weighted by atomic mass is 9.89. The van der Waals surface area contributed by atoms with E-state index in [-0.39, 0.29) is 5.92 Å². The van der Waals surface area contributed by atoms with Gasteiger partial charge in [-0.3, -0.25) is 0 Å². The SMILES string of the molecule is Nc1cccc2c1oc1cccc(-c3nc(-c4ccccc4)nc(C4C=CC=C(c5ccccc5)C4)n3)c12. The first-order chi connectivity index (χ1) is 18.7. The van der Waals surface area contributed by atoms with Gasteiger partial charge in [0.2, 0.25) is 0 Å². The molecular weight excluding hydrogens is 468 g/mol. The molecule has 0 amide bonds. The predicted molar refractivity (Wildman–Crippen MR) is 153 cm³/mol. The van der Waals surface area contributed by atoms with E-state index in [1.165, 1.54) is 11.1 Å². The van der Waals surface area contributed by atoms with Crippen LogP contribution in [0.25, 0.3) is 50.3 Å². The van der Waals surface area contributed by atoms with E-state index in [1.807, 2.05) is 72.8 Å². The second kappa shape index (κ2) is 9.12. The van der Waals surface area contributed by atoms with Gasteiger partial charge in [0.1, 0.15) is 11.4 Å². The van der Waals surface area contributed by atoms with Crippen molar-refractivity contribution < 1.29 is 4.42 Å². The number of nitrogens with zero attached hydrogens (tertiary/aromatic N) is 3. The van der Waals surface area contributed by atoms with Gasteiger partial charge >= 0.3 is 0 Å². The van der Waals surface area contributed by atoms with E-state index >= 15 is 0 Å². The number of hydrogen-bond donors (Lipinski definition) is 1. The molecular formula is C33H24N4O. The Bertz CT molecular complexity index is 1850. The van der Waals surface area contributed by atoms with E-state index in [4.69, 9.17) is 25.1 Å². The fourth-order valence-electron chi connectivity index (χ4n) is 5.17. The molecule has 0 radical (unpaired) electrons. The van der Waals surface area contributed by atoms with Crippen LogP contribution in [0, 0.1) is 0 Å². The number of furan rings is 1. The molecule has 7 rings (SSSR count). The first kappa shape index (κ1) is 22.2. The third-order valence-corrected chi connectivity index (χ3v) is 7.04. The molecule has 2 N–H and O–H groups in total. The lowest BCUT2D eigenvalue weighted by Gasteiger charge is -2.19. The summed E-state index contributed by atoms with van der Waals surface area (Å²) in [6.45, 7) is 0. The summed E-state index contributed by atoms with van der Waals surface area (Å²) in [5.41, 5.74) is 12.6. The Morgan fingerprint density at radius 2 is 1.45 bits per heavy atom. The number of rotatable bonds is 4. The van der Waals surface area contributed by atoms with Crippen molar-refractivity contribution in [3.8, 4) is 22.8 Å². The van der Waals surface area contributed by atoms with Gasteiger partial charge in [0.25, 0.3) is 0 Å². The maximum absolute atomic E-state index is 6.24. The summed E-state index contributed by atoms with van der Waals surface area (Å²) in [7, 11) is 0. The number of nitrogen functional groups attached to an aromatic ring is 1. The lowest BCUT2D eigenvalue weighted by Crippen LogP contribution is -2.09. The van der Waals surface area contributed by atoms with Crippen LogP contribution in [-0.4, -0.2) is 15.0 Å². The summed E-state index contributed by atoms with van der Waals surface area (Å²) in [6, 6.07) is 32.3. The normalized spacial score (nSPS) is 15.2. The first-order valence-corrected chi connectivity index (χ1v) is 12.7. The fourth-order valence-corrected chi connectivity index (χ4v) is 5.17. The van der Waals surface area contributed by atoms with Crippen LogP contribution in [0.1, 0.15) is 23.7 Å². The third kappa shape index (κ3) is 3.85. The molecule has 0 saturated heterocycles. The molecule has 2 aromatic heterocycles. The average molecular weight is 493 g/mol. The Labute approximate surface area is 220 Å². The number of benzene rings is 4. The molecule has 0 fully saturated rings. The summed E-state index contributed by atoms with van der Waals surface area (Å²) in [5.74, 6) is 2.04. The number of anilines is 1. The van der Waals surface area contributed by atoms with Crippen molar-refractivity contribution in [1.29, 1.82) is 0 Å². The first-order valence-electron chi connectivity index (χ1n) is 12.7. The number of hydrogen-bond acceptors (Lipinski definition) is 5. The molecule has 1 aliphatic rings. The van der Waals surface area contributed by atoms with Crippen LogP contribution in [0.4, 0.5) is 5.69 Å². The van der Waals surface area contributed by atoms with Gasteiger partial charge in [0.05, 0.1) is 5.69 Å². The highest BCUT2D eigenvalue weighted by Gasteiger charge is 2.22. The van der Waals surface area contributed by atoms with Gasteiger partial charge in [-0.2, -0.15) is 0 Å². The molecule has 2 heterocycles. The zero-order valence-corrected chi connectivity index (χ0v) is 20.6. The molecule has 6 aromatic rings. The number of allylic oxidation sites excluding steroid dienone is 4. The summed E-state index contributed by atoms with van der Waals surface area (Å²) >= 11 is 0. The van der Waals surface area contributed by atoms with Gasteiger partial charge in [-0.05, 0) is 29.7 Å². The van der Waals surface area contributed by atoms with Crippen LogP contribution in [0.3, 0.4) is 0 Å². The summed E-state index contributed by atoms with van der Waals surface area (Å²) < 4.78 is 6.16. The molecule has 0 aliphatic heterocycles. The third-order valence-electron chi connectivity index (χ3n) is 7.04. The number of aromatic nitrogens is 3. The second-order valence-electron chi connectivity index (χ2n) is 9.46. The minimum absolute atomic E-state index is 0.0235. The average Bonchev–Trinajstić information content (AvgIpc) is 3.38. The van der Waals surface area contributed by atoms with Crippen molar-refractivity contribution in [1.82, 2.24) is 15.0 Å².